The molecule has 2 heterocycles. The third-order valence-corrected chi connectivity index (χ3v) is 7.00. The summed E-state index contributed by atoms with van der Waals surface area (Å²) in [5, 5.41) is 21.1. The van der Waals surface area contributed by atoms with E-state index in [-0.39, 0.29) is 6.10 Å². The van der Waals surface area contributed by atoms with Crippen LogP contribution in [0.4, 0.5) is 0 Å². The first kappa shape index (κ1) is 27.7. The van der Waals surface area contributed by atoms with Crippen LogP contribution in [0.15, 0.2) is 34.9 Å². The second kappa shape index (κ2) is 14.0. The number of rotatable bonds is 9. The molecule has 4 rings (SSSR count). The van der Waals surface area contributed by atoms with Crippen molar-refractivity contribution < 1.29 is 29.1 Å². The van der Waals surface area contributed by atoms with Gasteiger partial charge < -0.3 is 24.4 Å². The highest BCUT2D eigenvalue weighted by Crippen LogP contribution is 2.29. The van der Waals surface area contributed by atoms with Crippen molar-refractivity contribution in [3.8, 4) is 5.75 Å². The molecule has 1 aliphatic carbocycles. The quantitative estimate of drug-likeness (QED) is 0.431. The maximum Gasteiger partial charge on any atom is 0.328 e. The highest BCUT2D eigenvalue weighted by molar-refractivity contribution is 5.89. The van der Waals surface area contributed by atoms with Crippen molar-refractivity contribution in [1.29, 1.82) is 0 Å². The number of aromatic nitrogens is 1. The van der Waals surface area contributed by atoms with Gasteiger partial charge in [0.2, 0.25) is 0 Å². The highest BCUT2D eigenvalue weighted by Gasteiger charge is 2.23. The van der Waals surface area contributed by atoms with E-state index < -0.39 is 11.9 Å². The molecular formula is C28H40N2O6. The van der Waals surface area contributed by atoms with Crippen LogP contribution in [-0.4, -0.2) is 57.9 Å². The molecule has 0 bridgehead atoms. The molecule has 198 valence electrons. The smallest absolute Gasteiger partial charge is 0.328 e. The molecular weight excluding hydrogens is 460 g/mol. The van der Waals surface area contributed by atoms with Crippen LogP contribution in [0.5, 0.6) is 5.75 Å². The number of likely N-dealkylation sites (tertiary alicyclic amines) is 1. The Morgan fingerprint density at radius 3 is 2.33 bits per heavy atom. The number of hydrogen-bond acceptors (Lipinski definition) is 6. The van der Waals surface area contributed by atoms with Crippen molar-refractivity contribution in [3.63, 3.8) is 0 Å². The molecule has 0 radical (unpaired) electrons. The number of carboxylic acid groups (broad SMARTS) is 2. The monoisotopic (exact) mass is 500 g/mol. The molecule has 2 aliphatic rings. The van der Waals surface area contributed by atoms with Crippen LogP contribution in [0, 0.1) is 11.8 Å². The van der Waals surface area contributed by atoms with E-state index in [1.54, 1.807) is 0 Å². The van der Waals surface area contributed by atoms with Gasteiger partial charge >= 0.3 is 11.9 Å². The topological polar surface area (TPSA) is 113 Å². The normalized spacial score (nSPS) is 17.9. The average molecular weight is 501 g/mol. The molecule has 1 saturated carbocycles. The summed E-state index contributed by atoms with van der Waals surface area (Å²) in [6.45, 7) is 8.00. The minimum atomic E-state index is -1.26. The van der Waals surface area contributed by atoms with Gasteiger partial charge in [-0.2, -0.15) is 0 Å². The van der Waals surface area contributed by atoms with Crippen LogP contribution in [0.25, 0.3) is 11.0 Å². The SMILES string of the molecule is CC(C)Oc1ccc2c(CCC3CCN(CC4CCCCC4)CC3)noc2c1.O=C(O)C=CC(=O)O. The first-order valence-corrected chi connectivity index (χ1v) is 13.2. The number of aryl methyl sites for hydroxylation is 1. The van der Waals surface area contributed by atoms with Gasteiger partial charge in [-0.3, -0.25) is 0 Å². The molecule has 2 N–H and O–H groups in total. The predicted molar refractivity (Wildman–Crippen MR) is 138 cm³/mol. The molecule has 1 aromatic heterocycles. The van der Waals surface area contributed by atoms with E-state index in [0.717, 1.165) is 40.7 Å². The lowest BCUT2D eigenvalue weighted by molar-refractivity contribution is -0.134. The minimum absolute atomic E-state index is 0.170. The molecule has 1 saturated heterocycles. The minimum Gasteiger partial charge on any atom is -0.491 e. The van der Waals surface area contributed by atoms with Gasteiger partial charge in [0.1, 0.15) is 5.75 Å². The molecule has 0 unspecified atom stereocenters. The maximum atomic E-state index is 9.55. The van der Waals surface area contributed by atoms with E-state index in [1.165, 1.54) is 71.0 Å². The Bertz CT molecular complexity index is 985. The van der Waals surface area contributed by atoms with Gasteiger partial charge in [0.05, 0.1) is 11.8 Å². The third-order valence-electron chi connectivity index (χ3n) is 7.00. The van der Waals surface area contributed by atoms with Gasteiger partial charge in [-0.05, 0) is 89.4 Å². The zero-order chi connectivity index (χ0) is 25.9. The van der Waals surface area contributed by atoms with Crippen LogP contribution >= 0.6 is 0 Å². The summed E-state index contributed by atoms with van der Waals surface area (Å²) in [4.78, 5) is 21.8. The first-order valence-electron chi connectivity index (χ1n) is 13.2. The van der Waals surface area contributed by atoms with Gasteiger partial charge in [0, 0.05) is 30.1 Å². The molecule has 2 fully saturated rings. The second-order valence-corrected chi connectivity index (χ2v) is 10.3. The summed E-state index contributed by atoms with van der Waals surface area (Å²) in [6.07, 6.45) is 13.5. The number of fused-ring (bicyclic) bond motifs is 1. The average Bonchev–Trinajstić information content (AvgIpc) is 3.25. The largest absolute Gasteiger partial charge is 0.491 e. The fraction of sp³-hybridized carbons (Fsp3) is 0.607. The summed E-state index contributed by atoms with van der Waals surface area (Å²) in [5.41, 5.74) is 1.95. The molecule has 8 nitrogen and oxygen atoms in total. The Kier molecular flexibility index (Phi) is 10.8. The van der Waals surface area contributed by atoms with E-state index in [1.807, 2.05) is 26.0 Å². The maximum absolute atomic E-state index is 9.55. The van der Waals surface area contributed by atoms with E-state index >= 15 is 0 Å². The van der Waals surface area contributed by atoms with Crippen LogP contribution in [-0.2, 0) is 16.0 Å². The number of hydrogen-bond donors (Lipinski definition) is 2. The molecule has 2 aromatic rings. The van der Waals surface area contributed by atoms with Crippen molar-refractivity contribution >= 4 is 22.9 Å². The van der Waals surface area contributed by atoms with Crippen molar-refractivity contribution in [1.82, 2.24) is 10.1 Å². The molecule has 0 amide bonds. The fourth-order valence-corrected chi connectivity index (χ4v) is 5.17. The van der Waals surface area contributed by atoms with E-state index in [9.17, 15) is 9.59 Å². The Morgan fingerprint density at radius 1 is 1.06 bits per heavy atom. The number of ether oxygens (including phenoxy) is 1. The lowest BCUT2D eigenvalue weighted by Gasteiger charge is -2.35. The van der Waals surface area contributed by atoms with Crippen LogP contribution in [0.1, 0.15) is 70.9 Å². The molecule has 0 atom stereocenters. The molecule has 1 aliphatic heterocycles. The fourth-order valence-electron chi connectivity index (χ4n) is 5.17. The summed E-state index contributed by atoms with van der Waals surface area (Å²) in [7, 11) is 0. The summed E-state index contributed by atoms with van der Waals surface area (Å²) in [5.74, 6) is 0.143. The highest BCUT2D eigenvalue weighted by atomic mass is 16.5. The van der Waals surface area contributed by atoms with E-state index in [0.29, 0.717) is 12.2 Å². The van der Waals surface area contributed by atoms with Gasteiger partial charge in [0.15, 0.2) is 5.58 Å². The lowest BCUT2D eigenvalue weighted by atomic mass is 9.87. The molecule has 8 heteroatoms. The molecule has 0 spiro atoms. The van der Waals surface area contributed by atoms with Gasteiger partial charge in [0.25, 0.3) is 0 Å². The number of benzene rings is 1. The van der Waals surface area contributed by atoms with Gasteiger partial charge in [-0.25, -0.2) is 9.59 Å². The van der Waals surface area contributed by atoms with Crippen molar-refractivity contribution in [2.45, 2.75) is 77.7 Å². The zero-order valence-corrected chi connectivity index (χ0v) is 21.5. The number of aliphatic carboxylic acids is 2. The van der Waals surface area contributed by atoms with Crippen molar-refractivity contribution in [2.75, 3.05) is 19.6 Å². The van der Waals surface area contributed by atoms with Gasteiger partial charge in [-0.1, -0.05) is 24.4 Å². The number of carboxylic acids is 2. The molecule has 36 heavy (non-hydrogen) atoms. The Balaban J connectivity index is 0.000000392. The Hall–Kier alpha value is -2.87. The predicted octanol–water partition coefficient (Wildman–Crippen LogP) is 5.55. The number of piperidine rings is 1. The zero-order valence-electron chi connectivity index (χ0n) is 21.5. The standard InChI is InChI=1S/C24H36N2O2.C4H4O4/c1-18(2)27-21-9-10-22-23(25-28-24(22)16-21)11-8-19-12-14-26(15-13-19)17-20-6-4-3-5-7-20;5-3(6)1-2-4(7)8/h9-10,16,18-20H,3-8,11-15,17H2,1-2H3;1-2H,(H,5,6)(H,7,8). The summed E-state index contributed by atoms with van der Waals surface area (Å²) >= 11 is 0. The van der Waals surface area contributed by atoms with E-state index in [4.69, 9.17) is 19.5 Å². The van der Waals surface area contributed by atoms with Gasteiger partial charge in [-0.15, -0.1) is 0 Å². The number of carbonyl (C=O) groups is 2. The van der Waals surface area contributed by atoms with Crippen LogP contribution in [0.2, 0.25) is 0 Å². The van der Waals surface area contributed by atoms with Crippen LogP contribution < -0.4 is 4.74 Å². The van der Waals surface area contributed by atoms with E-state index in [2.05, 4.69) is 16.1 Å². The Morgan fingerprint density at radius 2 is 1.72 bits per heavy atom. The first-order chi connectivity index (χ1) is 17.3. The molecule has 1 aromatic carbocycles. The summed E-state index contributed by atoms with van der Waals surface area (Å²) in [6, 6.07) is 6.11. The van der Waals surface area contributed by atoms with Crippen LogP contribution in [0.3, 0.4) is 0 Å². The second-order valence-electron chi connectivity index (χ2n) is 10.3. The lowest BCUT2D eigenvalue weighted by Crippen LogP contribution is -2.37. The Labute approximate surface area is 213 Å². The third kappa shape index (κ3) is 9.30. The number of nitrogens with zero attached hydrogens (tertiary/aromatic N) is 2. The summed E-state index contributed by atoms with van der Waals surface area (Å²) < 4.78 is 11.3. The van der Waals surface area contributed by atoms with Crippen molar-refractivity contribution in [3.05, 3.63) is 36.0 Å². The van der Waals surface area contributed by atoms with Crippen molar-refractivity contribution in [2.24, 2.45) is 11.8 Å².